The highest BCUT2D eigenvalue weighted by atomic mass is 16.5. The summed E-state index contributed by atoms with van der Waals surface area (Å²) in [5, 5.41) is 18.2. The third-order valence-corrected chi connectivity index (χ3v) is 6.74. The molecule has 1 fully saturated rings. The van der Waals surface area contributed by atoms with Gasteiger partial charge in [0.2, 0.25) is 5.82 Å². The van der Waals surface area contributed by atoms with E-state index in [9.17, 15) is 19.5 Å². The molecule has 0 bridgehead atoms. The van der Waals surface area contributed by atoms with Crippen LogP contribution in [0.4, 0.5) is 10.7 Å². The SMILES string of the molecule is CC1CCC(C(=O)O)CN1C(=O)c1nc(NC(=O)OCC2c3ccccc3-c3ccccc32)n[nH]1. The van der Waals surface area contributed by atoms with Crippen LogP contribution in [-0.4, -0.2) is 62.4 Å². The van der Waals surface area contributed by atoms with Crippen LogP contribution in [0.5, 0.6) is 0 Å². The molecular weight excluding hydrogens is 450 g/mol. The minimum atomic E-state index is -0.926. The number of fused-ring (bicyclic) bond motifs is 3. The Morgan fingerprint density at radius 3 is 2.40 bits per heavy atom. The molecule has 2 aliphatic rings. The summed E-state index contributed by atoms with van der Waals surface area (Å²) in [6.07, 6.45) is 0.370. The third-order valence-electron chi connectivity index (χ3n) is 6.74. The van der Waals surface area contributed by atoms with Gasteiger partial charge in [0.15, 0.2) is 0 Å². The summed E-state index contributed by atoms with van der Waals surface area (Å²) in [5.41, 5.74) is 4.46. The Bertz CT molecular complexity index is 1240. The monoisotopic (exact) mass is 475 g/mol. The molecule has 1 saturated heterocycles. The number of amides is 2. The van der Waals surface area contributed by atoms with Crippen molar-refractivity contribution in [3.63, 3.8) is 0 Å². The molecule has 3 aromatic rings. The number of hydrogen-bond acceptors (Lipinski definition) is 6. The van der Waals surface area contributed by atoms with E-state index in [1.54, 1.807) is 0 Å². The van der Waals surface area contributed by atoms with Crippen LogP contribution in [0.3, 0.4) is 0 Å². The molecule has 10 nitrogen and oxygen atoms in total. The molecular formula is C25H25N5O5. The first-order chi connectivity index (χ1) is 16.9. The predicted molar refractivity (Wildman–Crippen MR) is 126 cm³/mol. The molecule has 5 rings (SSSR count). The zero-order valence-electron chi connectivity index (χ0n) is 19.1. The van der Waals surface area contributed by atoms with E-state index in [2.05, 4.69) is 32.6 Å². The van der Waals surface area contributed by atoms with Gasteiger partial charge in [0.25, 0.3) is 11.9 Å². The number of benzene rings is 2. The molecule has 2 amide bonds. The van der Waals surface area contributed by atoms with Crippen molar-refractivity contribution in [3.05, 3.63) is 65.5 Å². The average Bonchev–Trinajstić information content (AvgIpc) is 3.45. The number of carboxylic acid groups (broad SMARTS) is 1. The summed E-state index contributed by atoms with van der Waals surface area (Å²) in [6, 6.07) is 16.0. The molecule has 2 atom stereocenters. The molecule has 10 heteroatoms. The van der Waals surface area contributed by atoms with Crippen molar-refractivity contribution in [2.75, 3.05) is 18.5 Å². The maximum absolute atomic E-state index is 12.9. The number of hydrogen-bond donors (Lipinski definition) is 3. The lowest BCUT2D eigenvalue weighted by atomic mass is 9.93. The first-order valence-electron chi connectivity index (χ1n) is 11.5. The Morgan fingerprint density at radius 2 is 1.74 bits per heavy atom. The molecule has 3 N–H and O–H groups in total. The molecule has 2 heterocycles. The number of rotatable bonds is 5. The first-order valence-corrected chi connectivity index (χ1v) is 11.5. The molecule has 1 aliphatic carbocycles. The van der Waals surface area contributed by atoms with Crippen LogP contribution in [0.2, 0.25) is 0 Å². The van der Waals surface area contributed by atoms with Gasteiger partial charge in [0.1, 0.15) is 6.61 Å². The fraction of sp³-hybridized carbons (Fsp3) is 0.320. The van der Waals surface area contributed by atoms with E-state index in [0.29, 0.717) is 12.8 Å². The lowest BCUT2D eigenvalue weighted by molar-refractivity contribution is -0.143. The number of aromatic nitrogens is 3. The number of nitrogens with zero attached hydrogens (tertiary/aromatic N) is 3. The lowest BCUT2D eigenvalue weighted by Crippen LogP contribution is -2.47. The molecule has 0 radical (unpaired) electrons. The molecule has 2 aromatic carbocycles. The molecule has 0 saturated carbocycles. The van der Waals surface area contributed by atoms with Gasteiger partial charge in [-0.2, -0.15) is 4.98 Å². The second-order valence-electron chi connectivity index (χ2n) is 8.88. The summed E-state index contributed by atoms with van der Waals surface area (Å²) in [6.45, 7) is 2.10. The Balaban J connectivity index is 1.22. The van der Waals surface area contributed by atoms with E-state index in [1.165, 1.54) is 4.90 Å². The number of nitrogens with one attached hydrogen (secondary N) is 2. The van der Waals surface area contributed by atoms with Gasteiger partial charge in [-0.3, -0.25) is 20.0 Å². The Labute approximate surface area is 201 Å². The molecule has 1 aromatic heterocycles. The Hall–Kier alpha value is -4.21. The quantitative estimate of drug-likeness (QED) is 0.514. The minimum Gasteiger partial charge on any atom is -0.481 e. The number of piperidine rings is 1. The molecule has 180 valence electrons. The number of aliphatic carboxylic acids is 1. The van der Waals surface area contributed by atoms with Gasteiger partial charge in [0, 0.05) is 18.5 Å². The van der Waals surface area contributed by atoms with Crippen molar-refractivity contribution in [1.29, 1.82) is 0 Å². The number of carbonyl (C=O) groups is 3. The van der Waals surface area contributed by atoms with Crippen LogP contribution in [0.1, 0.15) is 47.4 Å². The van der Waals surface area contributed by atoms with Crippen molar-refractivity contribution in [3.8, 4) is 11.1 Å². The van der Waals surface area contributed by atoms with Crippen molar-refractivity contribution in [2.45, 2.75) is 31.7 Å². The van der Waals surface area contributed by atoms with Gasteiger partial charge in [0.05, 0.1) is 5.92 Å². The fourth-order valence-electron chi connectivity index (χ4n) is 4.87. The van der Waals surface area contributed by atoms with Gasteiger partial charge < -0.3 is 14.7 Å². The van der Waals surface area contributed by atoms with Crippen molar-refractivity contribution < 1.29 is 24.2 Å². The lowest BCUT2D eigenvalue weighted by Gasteiger charge is -2.35. The Kier molecular flexibility index (Phi) is 5.94. The number of aromatic amines is 1. The van der Waals surface area contributed by atoms with E-state index in [1.807, 2.05) is 43.3 Å². The van der Waals surface area contributed by atoms with Crippen molar-refractivity contribution >= 4 is 23.9 Å². The second-order valence-corrected chi connectivity index (χ2v) is 8.88. The van der Waals surface area contributed by atoms with Crippen LogP contribution in [0.15, 0.2) is 48.5 Å². The van der Waals surface area contributed by atoms with Crippen LogP contribution in [-0.2, 0) is 9.53 Å². The summed E-state index contributed by atoms with van der Waals surface area (Å²) >= 11 is 0. The van der Waals surface area contributed by atoms with Crippen LogP contribution >= 0.6 is 0 Å². The zero-order valence-corrected chi connectivity index (χ0v) is 19.1. The minimum absolute atomic E-state index is 0.0724. The highest BCUT2D eigenvalue weighted by molar-refractivity contribution is 5.92. The summed E-state index contributed by atoms with van der Waals surface area (Å²) in [7, 11) is 0. The van der Waals surface area contributed by atoms with Gasteiger partial charge in [-0.15, -0.1) is 5.10 Å². The van der Waals surface area contributed by atoms with E-state index < -0.39 is 23.9 Å². The van der Waals surface area contributed by atoms with Crippen molar-refractivity contribution in [2.24, 2.45) is 5.92 Å². The van der Waals surface area contributed by atoms with Gasteiger partial charge in [-0.25, -0.2) is 4.79 Å². The third kappa shape index (κ3) is 4.34. The van der Waals surface area contributed by atoms with Crippen molar-refractivity contribution in [1.82, 2.24) is 20.1 Å². The van der Waals surface area contributed by atoms with Crippen LogP contribution < -0.4 is 5.32 Å². The van der Waals surface area contributed by atoms with E-state index in [4.69, 9.17) is 4.74 Å². The Morgan fingerprint density at radius 1 is 1.09 bits per heavy atom. The van der Waals surface area contributed by atoms with Gasteiger partial charge in [-0.1, -0.05) is 48.5 Å². The molecule has 0 spiro atoms. The standard InChI is InChI=1S/C25H25N5O5/c1-14-10-11-15(23(32)33)12-30(14)22(31)21-26-24(29-28-21)27-25(34)35-13-20-18-8-4-2-6-16(18)17-7-3-5-9-19(17)20/h2-9,14-15,20H,10-13H2,1H3,(H,32,33)(H2,26,27,28,29,34). The number of carboxylic acids is 1. The van der Waals surface area contributed by atoms with Crippen LogP contribution in [0, 0.1) is 5.92 Å². The average molecular weight is 476 g/mol. The largest absolute Gasteiger partial charge is 0.481 e. The van der Waals surface area contributed by atoms with E-state index in [0.717, 1.165) is 22.3 Å². The maximum Gasteiger partial charge on any atom is 0.414 e. The maximum atomic E-state index is 12.9. The van der Waals surface area contributed by atoms with E-state index >= 15 is 0 Å². The number of anilines is 1. The zero-order chi connectivity index (χ0) is 24.5. The summed E-state index contributed by atoms with van der Waals surface area (Å²) < 4.78 is 5.48. The van der Waals surface area contributed by atoms with Gasteiger partial charge >= 0.3 is 12.1 Å². The predicted octanol–water partition coefficient (Wildman–Crippen LogP) is 3.49. The molecule has 1 aliphatic heterocycles. The summed E-state index contributed by atoms with van der Waals surface area (Å²) in [4.78, 5) is 42.2. The topological polar surface area (TPSA) is 138 Å². The fourth-order valence-corrected chi connectivity index (χ4v) is 4.87. The highest BCUT2D eigenvalue weighted by Gasteiger charge is 2.34. The van der Waals surface area contributed by atoms with Crippen LogP contribution in [0.25, 0.3) is 11.1 Å². The van der Waals surface area contributed by atoms with E-state index in [-0.39, 0.29) is 36.9 Å². The molecule has 35 heavy (non-hydrogen) atoms. The number of ether oxygens (including phenoxy) is 1. The second kappa shape index (κ2) is 9.21. The highest BCUT2D eigenvalue weighted by Crippen LogP contribution is 2.44. The number of H-pyrrole nitrogens is 1. The number of carbonyl (C=O) groups excluding carboxylic acids is 2. The first kappa shape index (κ1) is 22.6. The molecule has 2 unspecified atom stereocenters. The van der Waals surface area contributed by atoms with Gasteiger partial charge in [-0.05, 0) is 42.0 Å². The smallest absolute Gasteiger partial charge is 0.414 e. The number of likely N-dealkylation sites (tertiary alicyclic amines) is 1. The normalized spacial score (nSPS) is 19.1. The summed E-state index contributed by atoms with van der Waals surface area (Å²) in [5.74, 6) is -2.25.